The van der Waals surface area contributed by atoms with Crippen molar-refractivity contribution in [1.82, 2.24) is 25.0 Å². The third kappa shape index (κ3) is 2.72. The Labute approximate surface area is 127 Å². The third-order valence-corrected chi connectivity index (χ3v) is 3.74. The number of hydrogen-bond acceptors (Lipinski definition) is 5. The van der Waals surface area contributed by atoms with Gasteiger partial charge in [-0.05, 0) is 6.92 Å². The van der Waals surface area contributed by atoms with Crippen LogP contribution in [0, 0.1) is 6.92 Å². The van der Waals surface area contributed by atoms with Crippen molar-refractivity contribution in [3.63, 3.8) is 0 Å². The maximum atomic E-state index is 12.5. The van der Waals surface area contributed by atoms with E-state index in [1.807, 2.05) is 0 Å². The average molecular weight is 324 g/mol. The van der Waals surface area contributed by atoms with Gasteiger partial charge in [0.25, 0.3) is 5.91 Å². The highest BCUT2D eigenvalue weighted by Gasteiger charge is 2.16. The van der Waals surface area contributed by atoms with E-state index in [2.05, 4.69) is 25.6 Å². The van der Waals surface area contributed by atoms with Gasteiger partial charge >= 0.3 is 6.55 Å². The Kier molecular flexibility index (Phi) is 3.67. The quantitative estimate of drug-likeness (QED) is 0.772. The monoisotopic (exact) mass is 324 g/mol. The second-order valence-electron chi connectivity index (χ2n) is 4.36. The molecule has 0 fully saturated rings. The number of hydrogen-bond donors (Lipinski definition) is 2. The molecule has 1 amide bonds. The van der Waals surface area contributed by atoms with Gasteiger partial charge in [0, 0.05) is 17.1 Å². The van der Waals surface area contributed by atoms with E-state index in [-0.39, 0.29) is 11.4 Å². The molecule has 2 N–H and O–H groups in total. The minimum absolute atomic E-state index is 0.199. The van der Waals surface area contributed by atoms with Gasteiger partial charge in [0.2, 0.25) is 0 Å². The van der Waals surface area contributed by atoms with Crippen molar-refractivity contribution in [2.24, 2.45) is 0 Å². The number of amides is 1. The van der Waals surface area contributed by atoms with Gasteiger partial charge in [-0.25, -0.2) is 9.67 Å². The van der Waals surface area contributed by atoms with Crippen LogP contribution in [0.2, 0.25) is 0 Å². The summed E-state index contributed by atoms with van der Waals surface area (Å²) in [6.07, 6.45) is 4.34. The number of nitrogens with zero attached hydrogens (tertiary/aromatic N) is 4. The number of aryl methyl sites for hydroxylation is 1. The van der Waals surface area contributed by atoms with Crippen LogP contribution >= 0.6 is 11.3 Å². The molecule has 3 rings (SSSR count). The molecule has 0 atom stereocenters. The van der Waals surface area contributed by atoms with E-state index in [1.165, 1.54) is 18.3 Å². The first-order valence-electron chi connectivity index (χ1n) is 6.14. The summed E-state index contributed by atoms with van der Waals surface area (Å²) in [5.41, 5.74) is 1.50. The minimum atomic E-state index is -2.75. The van der Waals surface area contributed by atoms with Crippen molar-refractivity contribution in [1.29, 1.82) is 0 Å². The van der Waals surface area contributed by atoms with Crippen LogP contribution in [0.3, 0.4) is 0 Å². The number of halogens is 2. The number of carbonyl (C=O) groups is 1. The summed E-state index contributed by atoms with van der Waals surface area (Å²) in [7, 11) is 0. The van der Waals surface area contributed by atoms with Crippen LogP contribution in [0.1, 0.15) is 22.7 Å². The van der Waals surface area contributed by atoms with Gasteiger partial charge in [-0.15, -0.1) is 11.3 Å². The molecule has 22 heavy (non-hydrogen) atoms. The second kappa shape index (κ2) is 5.64. The number of anilines is 1. The first-order chi connectivity index (χ1) is 10.5. The molecule has 0 aromatic carbocycles. The van der Waals surface area contributed by atoms with Crippen molar-refractivity contribution in [3.05, 3.63) is 35.4 Å². The molecule has 3 aromatic rings. The van der Waals surface area contributed by atoms with Crippen LogP contribution in [-0.2, 0) is 0 Å². The van der Waals surface area contributed by atoms with E-state index in [9.17, 15) is 13.6 Å². The fourth-order valence-corrected chi connectivity index (χ4v) is 2.55. The largest absolute Gasteiger partial charge is 0.333 e. The molecule has 0 aliphatic heterocycles. The highest BCUT2D eigenvalue weighted by Crippen LogP contribution is 2.23. The van der Waals surface area contributed by atoms with Gasteiger partial charge in [0.1, 0.15) is 10.7 Å². The molecule has 10 heteroatoms. The molecule has 0 unspecified atom stereocenters. The zero-order chi connectivity index (χ0) is 15.7. The van der Waals surface area contributed by atoms with Gasteiger partial charge in [-0.1, -0.05) is 0 Å². The number of aromatic amines is 1. The van der Waals surface area contributed by atoms with Crippen molar-refractivity contribution in [3.8, 4) is 10.6 Å². The summed E-state index contributed by atoms with van der Waals surface area (Å²) in [5.74, 6) is -0.483. The van der Waals surface area contributed by atoms with E-state index in [0.29, 0.717) is 15.4 Å². The molecule has 0 spiro atoms. The number of carbonyl (C=O) groups excluding carboxylic acids is 1. The Morgan fingerprint density at radius 3 is 2.95 bits per heavy atom. The second-order valence-corrected chi connectivity index (χ2v) is 5.22. The summed E-state index contributed by atoms with van der Waals surface area (Å²) in [5, 5.41) is 14.8. The van der Waals surface area contributed by atoms with E-state index in [0.717, 1.165) is 11.8 Å². The predicted molar refractivity (Wildman–Crippen MR) is 75.9 cm³/mol. The summed E-state index contributed by atoms with van der Waals surface area (Å²) < 4.78 is 25.6. The van der Waals surface area contributed by atoms with Gasteiger partial charge in [-0.3, -0.25) is 9.89 Å². The number of H-pyrrole nitrogens is 1. The van der Waals surface area contributed by atoms with Crippen LogP contribution in [0.25, 0.3) is 10.6 Å². The standard InChI is InChI=1S/C12H10F2N6OS/c1-6-8(4-20(19-6)12(13)14)17-10(21)9-5-22-11(18-9)7-2-15-16-3-7/h2-5,12H,1H3,(H,15,16)(H,17,21). The normalized spacial score (nSPS) is 11.1. The van der Waals surface area contributed by atoms with Gasteiger partial charge in [-0.2, -0.15) is 19.0 Å². The Hall–Kier alpha value is -2.62. The Morgan fingerprint density at radius 2 is 2.32 bits per heavy atom. The number of nitrogens with one attached hydrogen (secondary N) is 2. The van der Waals surface area contributed by atoms with Crippen molar-refractivity contribution >= 4 is 22.9 Å². The lowest BCUT2D eigenvalue weighted by atomic mass is 10.3. The number of alkyl halides is 2. The van der Waals surface area contributed by atoms with Crippen LogP contribution in [-0.4, -0.2) is 30.9 Å². The molecule has 0 saturated heterocycles. The predicted octanol–water partition coefficient (Wildman–Crippen LogP) is 2.69. The van der Waals surface area contributed by atoms with Crippen molar-refractivity contribution < 1.29 is 13.6 Å². The summed E-state index contributed by atoms with van der Waals surface area (Å²) >= 11 is 1.29. The Bertz CT molecular complexity index is 795. The maximum absolute atomic E-state index is 12.5. The lowest BCUT2D eigenvalue weighted by Crippen LogP contribution is -2.12. The van der Waals surface area contributed by atoms with E-state index < -0.39 is 12.5 Å². The van der Waals surface area contributed by atoms with Crippen LogP contribution in [0.4, 0.5) is 14.5 Å². The fourth-order valence-electron chi connectivity index (χ4n) is 1.77. The summed E-state index contributed by atoms with van der Waals surface area (Å²) in [4.78, 5) is 16.3. The van der Waals surface area contributed by atoms with Crippen molar-refractivity contribution in [2.75, 3.05) is 5.32 Å². The van der Waals surface area contributed by atoms with E-state index in [1.54, 1.807) is 17.8 Å². The third-order valence-electron chi connectivity index (χ3n) is 2.85. The van der Waals surface area contributed by atoms with Crippen LogP contribution in [0.15, 0.2) is 24.0 Å². The molecule has 3 heterocycles. The van der Waals surface area contributed by atoms with Crippen molar-refractivity contribution in [2.45, 2.75) is 13.5 Å². The molecule has 3 aromatic heterocycles. The smallest absolute Gasteiger partial charge is 0.318 e. The molecule has 0 aliphatic rings. The maximum Gasteiger partial charge on any atom is 0.333 e. The minimum Gasteiger partial charge on any atom is -0.318 e. The SMILES string of the molecule is Cc1nn(C(F)F)cc1NC(=O)c1csc(-c2cn[nH]c2)n1. The van der Waals surface area contributed by atoms with Crippen LogP contribution in [0.5, 0.6) is 0 Å². The number of rotatable bonds is 4. The van der Waals surface area contributed by atoms with Gasteiger partial charge < -0.3 is 5.32 Å². The molecule has 0 saturated carbocycles. The Morgan fingerprint density at radius 1 is 1.50 bits per heavy atom. The summed E-state index contributed by atoms with van der Waals surface area (Å²) in [6, 6.07) is 0. The molecule has 0 radical (unpaired) electrons. The van der Waals surface area contributed by atoms with Gasteiger partial charge in [0.15, 0.2) is 0 Å². The molecule has 7 nitrogen and oxygen atoms in total. The summed E-state index contributed by atoms with van der Waals surface area (Å²) in [6.45, 7) is -1.22. The zero-order valence-electron chi connectivity index (χ0n) is 11.2. The first-order valence-corrected chi connectivity index (χ1v) is 7.02. The molecule has 0 bridgehead atoms. The fraction of sp³-hybridized carbons (Fsp3) is 0.167. The highest BCUT2D eigenvalue weighted by molar-refractivity contribution is 7.13. The van der Waals surface area contributed by atoms with Gasteiger partial charge in [0.05, 0.1) is 23.8 Å². The lowest BCUT2D eigenvalue weighted by molar-refractivity contribution is 0.0563. The zero-order valence-corrected chi connectivity index (χ0v) is 12.1. The number of aromatic nitrogens is 5. The lowest BCUT2D eigenvalue weighted by Gasteiger charge is -2.00. The average Bonchev–Trinajstić information content (AvgIpc) is 3.18. The highest BCUT2D eigenvalue weighted by atomic mass is 32.1. The van der Waals surface area contributed by atoms with E-state index >= 15 is 0 Å². The molecular formula is C12H10F2N6OS. The Balaban J connectivity index is 1.77. The molecule has 0 aliphatic carbocycles. The first kappa shape index (κ1) is 14.3. The van der Waals surface area contributed by atoms with E-state index in [4.69, 9.17) is 0 Å². The number of thiazole rings is 1. The topological polar surface area (TPSA) is 88.5 Å². The molecular weight excluding hydrogens is 314 g/mol. The van der Waals surface area contributed by atoms with Crippen LogP contribution < -0.4 is 5.32 Å². The molecule has 114 valence electrons.